The molecule has 0 aliphatic heterocycles. The summed E-state index contributed by atoms with van der Waals surface area (Å²) in [7, 11) is -1.07. The summed E-state index contributed by atoms with van der Waals surface area (Å²) in [6.45, 7) is 3.57. The molecule has 7 nitrogen and oxygen atoms in total. The molecule has 0 spiro atoms. The molecular weight excluding hydrogens is 354 g/mol. The third-order valence-corrected chi connectivity index (χ3v) is 5.18. The number of carbonyl (C=O) groups is 1. The normalized spacial score (nSPS) is 11.2. The van der Waals surface area contributed by atoms with Crippen LogP contribution in [-0.2, 0) is 16.6 Å². The number of amides is 1. The van der Waals surface area contributed by atoms with Gasteiger partial charge in [0.15, 0.2) is 0 Å². The van der Waals surface area contributed by atoms with Crippen LogP contribution >= 0.6 is 0 Å². The highest BCUT2D eigenvalue weighted by molar-refractivity contribution is 7.89. The van der Waals surface area contributed by atoms with Gasteiger partial charge in [-0.2, -0.15) is 0 Å². The Hall–Kier alpha value is -2.42. The van der Waals surface area contributed by atoms with Gasteiger partial charge in [-0.05, 0) is 49.5 Å². The number of carbonyl (C=O) groups excluding carboxylic acids is 1. The lowest BCUT2D eigenvalue weighted by atomic mass is 10.1. The molecule has 0 unspecified atom stereocenters. The van der Waals surface area contributed by atoms with Crippen molar-refractivity contribution in [2.45, 2.75) is 18.4 Å². The van der Waals surface area contributed by atoms with Crippen LogP contribution in [0.2, 0.25) is 0 Å². The van der Waals surface area contributed by atoms with Crippen LogP contribution in [0.15, 0.2) is 47.4 Å². The number of ether oxygens (including phenoxy) is 1. The SMILES string of the molecule is CCNCc1cccc(NC(=O)c2ccc(OC)c(S(=O)(=O)NC)c2)c1. The molecular formula is C18H23N3O4S. The van der Waals surface area contributed by atoms with Crippen molar-refractivity contribution in [3.63, 3.8) is 0 Å². The Morgan fingerprint density at radius 1 is 1.15 bits per heavy atom. The van der Waals surface area contributed by atoms with E-state index in [9.17, 15) is 13.2 Å². The molecule has 0 saturated carbocycles. The van der Waals surface area contributed by atoms with Crippen molar-refractivity contribution < 1.29 is 17.9 Å². The van der Waals surface area contributed by atoms with Crippen LogP contribution in [0.25, 0.3) is 0 Å². The van der Waals surface area contributed by atoms with Gasteiger partial charge in [0.25, 0.3) is 5.91 Å². The summed E-state index contributed by atoms with van der Waals surface area (Å²) < 4.78 is 31.6. The van der Waals surface area contributed by atoms with Gasteiger partial charge in [-0.1, -0.05) is 19.1 Å². The van der Waals surface area contributed by atoms with E-state index in [1.165, 1.54) is 32.4 Å². The van der Waals surface area contributed by atoms with Crippen LogP contribution in [-0.4, -0.2) is 35.0 Å². The maximum Gasteiger partial charge on any atom is 0.255 e. The standard InChI is InChI=1S/C18H23N3O4S/c1-4-20-12-13-6-5-7-15(10-13)21-18(22)14-8-9-16(25-3)17(11-14)26(23,24)19-2/h5-11,19-20H,4,12H2,1-3H3,(H,21,22). The lowest BCUT2D eigenvalue weighted by Gasteiger charge is -2.12. The predicted molar refractivity (Wildman–Crippen MR) is 101 cm³/mol. The van der Waals surface area contributed by atoms with Crippen LogP contribution in [0, 0.1) is 0 Å². The second-order valence-corrected chi connectivity index (χ2v) is 7.36. The summed E-state index contributed by atoms with van der Waals surface area (Å²) in [5.74, 6) is -0.232. The molecule has 8 heteroatoms. The fourth-order valence-corrected chi connectivity index (χ4v) is 3.29. The minimum Gasteiger partial charge on any atom is -0.495 e. The molecule has 0 atom stereocenters. The summed E-state index contributed by atoms with van der Waals surface area (Å²) >= 11 is 0. The van der Waals surface area contributed by atoms with E-state index in [0.29, 0.717) is 12.2 Å². The lowest BCUT2D eigenvalue weighted by Crippen LogP contribution is -2.20. The first-order valence-corrected chi connectivity index (χ1v) is 9.62. The van der Waals surface area contributed by atoms with Gasteiger partial charge in [-0.25, -0.2) is 13.1 Å². The van der Waals surface area contributed by atoms with Crippen molar-refractivity contribution in [2.24, 2.45) is 0 Å². The van der Waals surface area contributed by atoms with Gasteiger partial charge in [0, 0.05) is 17.8 Å². The van der Waals surface area contributed by atoms with Crippen molar-refractivity contribution in [2.75, 3.05) is 26.0 Å². The number of benzene rings is 2. The lowest BCUT2D eigenvalue weighted by molar-refractivity contribution is 0.102. The number of hydrogen-bond acceptors (Lipinski definition) is 5. The van der Waals surface area contributed by atoms with Gasteiger partial charge >= 0.3 is 0 Å². The smallest absolute Gasteiger partial charge is 0.255 e. The van der Waals surface area contributed by atoms with Crippen molar-refractivity contribution >= 4 is 21.6 Å². The molecule has 3 N–H and O–H groups in total. The zero-order valence-corrected chi connectivity index (χ0v) is 15.8. The maximum atomic E-state index is 12.5. The summed E-state index contributed by atoms with van der Waals surface area (Å²) in [5, 5.41) is 6.01. The largest absolute Gasteiger partial charge is 0.495 e. The number of rotatable bonds is 8. The van der Waals surface area contributed by atoms with E-state index < -0.39 is 15.9 Å². The topological polar surface area (TPSA) is 96.5 Å². The van der Waals surface area contributed by atoms with E-state index in [0.717, 1.165) is 12.1 Å². The Labute approximate surface area is 153 Å². The molecule has 0 bridgehead atoms. The van der Waals surface area contributed by atoms with Gasteiger partial charge < -0.3 is 15.4 Å². The van der Waals surface area contributed by atoms with Gasteiger partial charge in [-0.3, -0.25) is 4.79 Å². The Bertz CT molecular complexity index is 882. The van der Waals surface area contributed by atoms with Gasteiger partial charge in [0.2, 0.25) is 10.0 Å². The van der Waals surface area contributed by atoms with E-state index in [1.807, 2.05) is 25.1 Å². The molecule has 0 radical (unpaired) electrons. The minimum atomic E-state index is -3.75. The molecule has 2 rings (SSSR count). The molecule has 0 saturated heterocycles. The fraction of sp³-hybridized carbons (Fsp3) is 0.278. The monoisotopic (exact) mass is 377 g/mol. The molecule has 0 aliphatic carbocycles. The molecule has 1 amide bonds. The van der Waals surface area contributed by atoms with Crippen LogP contribution < -0.4 is 20.1 Å². The van der Waals surface area contributed by atoms with Crippen LogP contribution in [0.4, 0.5) is 5.69 Å². The average molecular weight is 377 g/mol. The minimum absolute atomic E-state index is 0.0870. The first kappa shape index (κ1) is 19.9. The molecule has 0 heterocycles. The Kier molecular flexibility index (Phi) is 6.73. The second-order valence-electron chi connectivity index (χ2n) is 5.51. The third kappa shape index (κ3) is 4.81. The number of anilines is 1. The predicted octanol–water partition coefficient (Wildman–Crippen LogP) is 1.97. The zero-order valence-electron chi connectivity index (χ0n) is 15.0. The van der Waals surface area contributed by atoms with Crippen LogP contribution in [0.5, 0.6) is 5.75 Å². The highest BCUT2D eigenvalue weighted by Gasteiger charge is 2.20. The van der Waals surface area contributed by atoms with Crippen molar-refractivity contribution in [3.05, 3.63) is 53.6 Å². The summed E-state index contributed by atoms with van der Waals surface area (Å²) in [4.78, 5) is 12.4. The van der Waals surface area contributed by atoms with E-state index in [1.54, 1.807) is 6.07 Å². The number of hydrogen-bond donors (Lipinski definition) is 3. The van der Waals surface area contributed by atoms with E-state index >= 15 is 0 Å². The first-order valence-electron chi connectivity index (χ1n) is 8.14. The van der Waals surface area contributed by atoms with Crippen molar-refractivity contribution in [1.29, 1.82) is 0 Å². The fourth-order valence-electron chi connectivity index (χ4n) is 2.37. The van der Waals surface area contributed by atoms with Crippen LogP contribution in [0.1, 0.15) is 22.8 Å². The quantitative estimate of drug-likeness (QED) is 0.654. The summed E-state index contributed by atoms with van der Waals surface area (Å²) in [6, 6.07) is 11.7. The van der Waals surface area contributed by atoms with Crippen molar-refractivity contribution in [3.8, 4) is 5.75 Å². The average Bonchev–Trinajstić information content (AvgIpc) is 2.66. The Morgan fingerprint density at radius 3 is 2.58 bits per heavy atom. The molecule has 26 heavy (non-hydrogen) atoms. The molecule has 0 aliphatic rings. The molecule has 2 aromatic carbocycles. The number of methoxy groups -OCH3 is 1. The van der Waals surface area contributed by atoms with E-state index in [2.05, 4.69) is 15.4 Å². The molecule has 140 valence electrons. The Balaban J connectivity index is 2.26. The summed E-state index contributed by atoms with van der Waals surface area (Å²) in [6.07, 6.45) is 0. The van der Waals surface area contributed by atoms with E-state index in [-0.39, 0.29) is 16.2 Å². The first-order chi connectivity index (χ1) is 12.4. The number of sulfonamides is 1. The summed E-state index contributed by atoms with van der Waals surface area (Å²) in [5.41, 5.74) is 1.90. The van der Waals surface area contributed by atoms with Gasteiger partial charge in [0.05, 0.1) is 7.11 Å². The Morgan fingerprint density at radius 2 is 1.92 bits per heavy atom. The number of nitrogens with one attached hydrogen (secondary N) is 3. The zero-order chi connectivity index (χ0) is 19.2. The molecule has 0 fully saturated rings. The van der Waals surface area contributed by atoms with Crippen molar-refractivity contribution in [1.82, 2.24) is 10.0 Å². The van der Waals surface area contributed by atoms with E-state index in [4.69, 9.17) is 4.74 Å². The molecule has 0 aromatic heterocycles. The maximum absolute atomic E-state index is 12.5. The molecule has 2 aromatic rings. The third-order valence-electron chi connectivity index (χ3n) is 3.75. The van der Waals surface area contributed by atoms with Gasteiger partial charge in [-0.15, -0.1) is 0 Å². The highest BCUT2D eigenvalue weighted by Crippen LogP contribution is 2.25. The van der Waals surface area contributed by atoms with Crippen LogP contribution in [0.3, 0.4) is 0 Å². The van der Waals surface area contributed by atoms with Gasteiger partial charge in [0.1, 0.15) is 10.6 Å². The second kappa shape index (κ2) is 8.79. The highest BCUT2D eigenvalue weighted by atomic mass is 32.2.